The number of piperidine rings is 1. The van der Waals surface area contributed by atoms with Gasteiger partial charge >= 0.3 is 5.84 Å². The molecule has 6 nitrogen and oxygen atoms in total. The highest BCUT2D eigenvalue weighted by molar-refractivity contribution is 6.00. The van der Waals surface area contributed by atoms with E-state index in [1.807, 2.05) is 24.4 Å². The summed E-state index contributed by atoms with van der Waals surface area (Å²) >= 11 is 0. The molecule has 1 fully saturated rings. The number of benzene rings is 2. The lowest BCUT2D eigenvalue weighted by Crippen LogP contribution is -2.48. The predicted octanol–water partition coefficient (Wildman–Crippen LogP) is 4.16. The summed E-state index contributed by atoms with van der Waals surface area (Å²) in [6, 6.07) is 18.5. The Labute approximate surface area is 220 Å². The molecular formula is C31H38N4O2+. The number of rotatable bonds is 10. The van der Waals surface area contributed by atoms with Crippen molar-refractivity contribution in [1.29, 1.82) is 0 Å². The number of nitrogens with zero attached hydrogens (tertiary/aromatic N) is 1. The molecule has 6 heteroatoms. The first-order chi connectivity index (χ1) is 18.1. The highest BCUT2D eigenvalue weighted by Gasteiger charge is 2.47. The number of Topliss-reactive ketones (excluding diaryl/α,β-unsaturated/α-hetero) is 1. The van der Waals surface area contributed by atoms with Gasteiger partial charge in [-0.1, -0.05) is 67.4 Å². The predicted molar refractivity (Wildman–Crippen MR) is 148 cm³/mol. The van der Waals surface area contributed by atoms with Crippen molar-refractivity contribution in [2.45, 2.75) is 75.7 Å². The molecule has 1 unspecified atom stereocenters. The van der Waals surface area contributed by atoms with Gasteiger partial charge in [-0.05, 0) is 73.7 Å². The summed E-state index contributed by atoms with van der Waals surface area (Å²) in [6.45, 7) is 3.64. The fraction of sp³-hybridized carbons (Fsp3) is 0.452. The summed E-state index contributed by atoms with van der Waals surface area (Å²) in [5.74, 6) is 0.976. The summed E-state index contributed by atoms with van der Waals surface area (Å²) in [5, 5.41) is 10.3. The van der Waals surface area contributed by atoms with Gasteiger partial charge in [0.2, 0.25) is 5.91 Å². The summed E-state index contributed by atoms with van der Waals surface area (Å²) in [6.07, 6.45) is 9.05. The maximum Gasteiger partial charge on any atom is 0.319 e. The topological polar surface area (TPSA) is 84.3 Å². The van der Waals surface area contributed by atoms with Crippen LogP contribution in [0.1, 0.15) is 80.9 Å². The van der Waals surface area contributed by atoms with Gasteiger partial charge in [0.25, 0.3) is 0 Å². The molecule has 0 saturated carbocycles. The number of amidine groups is 1. The molecule has 1 amide bonds. The minimum absolute atomic E-state index is 0.0919. The van der Waals surface area contributed by atoms with Crippen molar-refractivity contribution in [3.63, 3.8) is 0 Å². The molecule has 0 aromatic heterocycles. The first-order valence-electron chi connectivity index (χ1n) is 13.8. The molecule has 1 saturated heterocycles. The first-order valence-corrected chi connectivity index (χ1v) is 13.8. The average Bonchev–Trinajstić information content (AvgIpc) is 3.53. The number of aliphatic imine (C=N–C) groups is 1. The van der Waals surface area contributed by atoms with Gasteiger partial charge in [-0.15, -0.1) is 0 Å². The number of amides is 1. The molecule has 37 heavy (non-hydrogen) atoms. The SMILES string of the molecule is CC(=O)CCCCC[C@H](NC(=O)C1CC2(CCNCC2)c2ccccc21)C1=[N+]C=C(c2ccccc2)N1. The minimum Gasteiger partial charge on any atom is -0.341 e. The lowest BCUT2D eigenvalue weighted by molar-refractivity contribution is -0.123. The maximum absolute atomic E-state index is 13.9. The van der Waals surface area contributed by atoms with Gasteiger partial charge in [0, 0.05) is 12.0 Å². The van der Waals surface area contributed by atoms with Gasteiger partial charge in [0.1, 0.15) is 11.8 Å². The van der Waals surface area contributed by atoms with Gasteiger partial charge in [0.15, 0.2) is 11.9 Å². The van der Waals surface area contributed by atoms with Crippen molar-refractivity contribution >= 4 is 23.2 Å². The molecule has 5 rings (SSSR count). The van der Waals surface area contributed by atoms with Gasteiger partial charge in [0.05, 0.1) is 5.92 Å². The Bertz CT molecular complexity index is 1180. The van der Waals surface area contributed by atoms with Crippen LogP contribution in [-0.4, -0.2) is 36.7 Å². The third-order valence-electron chi connectivity index (χ3n) is 8.23. The van der Waals surface area contributed by atoms with E-state index >= 15 is 0 Å². The molecule has 3 N–H and O–H groups in total. The Morgan fingerprint density at radius 1 is 1.03 bits per heavy atom. The number of carbonyl (C=O) groups excluding carboxylic acids is 2. The molecule has 2 aliphatic heterocycles. The zero-order valence-electron chi connectivity index (χ0n) is 21.8. The highest BCUT2D eigenvalue weighted by atomic mass is 16.2. The molecule has 1 spiro atoms. The van der Waals surface area contributed by atoms with Crippen LogP contribution in [0.5, 0.6) is 0 Å². The second-order valence-electron chi connectivity index (χ2n) is 10.8. The third kappa shape index (κ3) is 5.69. The quantitative estimate of drug-likeness (QED) is 0.430. The first kappa shape index (κ1) is 25.4. The van der Waals surface area contributed by atoms with Crippen molar-refractivity contribution in [2.75, 3.05) is 13.1 Å². The molecular weight excluding hydrogens is 460 g/mol. The van der Waals surface area contributed by atoms with Gasteiger partial charge in [-0.2, -0.15) is 0 Å². The van der Waals surface area contributed by atoms with E-state index in [1.54, 1.807) is 6.92 Å². The molecule has 2 heterocycles. The molecule has 2 atom stereocenters. The number of fused-ring (bicyclic) bond motifs is 2. The fourth-order valence-corrected chi connectivity index (χ4v) is 6.23. The highest BCUT2D eigenvalue weighted by Crippen LogP contribution is 2.50. The van der Waals surface area contributed by atoms with Crippen molar-refractivity contribution < 1.29 is 9.59 Å². The summed E-state index contributed by atoms with van der Waals surface area (Å²) in [7, 11) is 0. The monoisotopic (exact) mass is 498 g/mol. The minimum atomic E-state index is -0.195. The van der Waals surface area contributed by atoms with E-state index in [0.717, 1.165) is 75.1 Å². The van der Waals surface area contributed by atoms with Crippen molar-refractivity contribution in [3.8, 4) is 0 Å². The molecule has 1 radical (unpaired) electrons. The fourth-order valence-electron chi connectivity index (χ4n) is 6.23. The number of nitrogens with one attached hydrogen (secondary N) is 3. The summed E-state index contributed by atoms with van der Waals surface area (Å²) < 4.78 is 0. The largest absolute Gasteiger partial charge is 0.341 e. The Hall–Kier alpha value is -3.25. The number of ketones is 1. The van der Waals surface area contributed by atoms with E-state index in [9.17, 15) is 9.59 Å². The van der Waals surface area contributed by atoms with Gasteiger partial charge in [-0.25, -0.2) is 5.32 Å². The second kappa shape index (κ2) is 11.4. The van der Waals surface area contributed by atoms with Gasteiger partial charge in [-0.3, -0.25) is 4.79 Å². The van der Waals surface area contributed by atoms with Crippen LogP contribution in [0.4, 0.5) is 0 Å². The second-order valence-corrected chi connectivity index (χ2v) is 10.8. The molecule has 2 aromatic carbocycles. The Balaban J connectivity index is 1.30. The van der Waals surface area contributed by atoms with Crippen LogP contribution in [0.25, 0.3) is 5.70 Å². The van der Waals surface area contributed by atoms with Crippen LogP contribution in [-0.2, 0) is 15.0 Å². The van der Waals surface area contributed by atoms with E-state index in [4.69, 9.17) is 4.99 Å². The normalized spacial score (nSPS) is 20.5. The van der Waals surface area contributed by atoms with E-state index in [0.29, 0.717) is 6.42 Å². The zero-order chi connectivity index (χ0) is 25.7. The third-order valence-corrected chi connectivity index (χ3v) is 8.23. The lowest BCUT2D eigenvalue weighted by Gasteiger charge is -2.35. The average molecular weight is 499 g/mol. The van der Waals surface area contributed by atoms with Crippen molar-refractivity contribution in [3.05, 3.63) is 77.5 Å². The molecule has 0 bridgehead atoms. The lowest BCUT2D eigenvalue weighted by atomic mass is 9.74. The van der Waals surface area contributed by atoms with Crippen molar-refractivity contribution in [2.24, 2.45) is 0 Å². The smallest absolute Gasteiger partial charge is 0.319 e. The molecule has 3 aliphatic rings. The van der Waals surface area contributed by atoms with E-state index in [1.165, 1.54) is 11.1 Å². The van der Waals surface area contributed by atoms with Crippen LogP contribution in [0.2, 0.25) is 0 Å². The number of unbranched alkanes of at least 4 members (excludes halogenated alkanes) is 2. The molecule has 2 aromatic rings. The Kier molecular flexibility index (Phi) is 7.85. The van der Waals surface area contributed by atoms with E-state index in [-0.39, 0.29) is 29.1 Å². The van der Waals surface area contributed by atoms with Crippen LogP contribution in [0.15, 0.2) is 60.8 Å². The molecule has 193 valence electrons. The Morgan fingerprint density at radius 3 is 2.57 bits per heavy atom. The molecule has 1 aliphatic carbocycles. The summed E-state index contributed by atoms with van der Waals surface area (Å²) in [4.78, 5) is 29.9. The number of hydrogen-bond donors (Lipinski definition) is 3. The van der Waals surface area contributed by atoms with Crippen LogP contribution in [0, 0.1) is 0 Å². The number of carbonyl (C=O) groups is 2. The van der Waals surface area contributed by atoms with Crippen LogP contribution in [0.3, 0.4) is 0 Å². The number of hydrogen-bond acceptors (Lipinski definition) is 5. The van der Waals surface area contributed by atoms with Crippen LogP contribution >= 0.6 is 0 Å². The van der Waals surface area contributed by atoms with E-state index in [2.05, 4.69) is 52.3 Å². The van der Waals surface area contributed by atoms with Crippen LogP contribution < -0.4 is 20.9 Å². The van der Waals surface area contributed by atoms with E-state index < -0.39 is 0 Å². The summed E-state index contributed by atoms with van der Waals surface area (Å²) in [5.41, 5.74) is 4.67. The standard InChI is InChI=1S/C31H38N4O2/c1-22(36)10-4-2-7-15-27(29-33-21-28(34-29)23-11-5-3-6-12-23)35-30(37)25-20-31(16-18-32-19-17-31)26-14-9-8-13-24(25)26/h3,5-6,8-9,11-14,21,25,27,32,34H,2,4,7,10,15-20H2,1H3,(H,35,37)/q+1/t25?,27-/m0/s1. The van der Waals surface area contributed by atoms with Gasteiger partial charge < -0.3 is 15.4 Å². The Morgan fingerprint density at radius 2 is 1.78 bits per heavy atom. The zero-order valence-corrected chi connectivity index (χ0v) is 21.8. The van der Waals surface area contributed by atoms with Crippen molar-refractivity contribution in [1.82, 2.24) is 20.9 Å². The maximum atomic E-state index is 13.9.